The minimum atomic E-state index is -3.91. The predicted octanol–water partition coefficient (Wildman–Crippen LogP) is 2.42. The molecule has 0 aliphatic carbocycles. The van der Waals surface area contributed by atoms with Crippen molar-refractivity contribution in [3.8, 4) is 0 Å². The standard InChI is InChI=1S/C28H36ClN3O6S/c29-21-6-9-25(10-7-21)39(35,36)32-17-23(33)18-37-19-27-26(32)11-8-24(38-27)14-28(34)30-22-12-13-31(16-22)15-20-4-2-1-3-5-20/h1-7,9-10,22-24,26-27,33H,8,11-19H2,(H,30,34)/t22-,23-,24-,26-,27+/m1/s1. The molecule has 2 aromatic carbocycles. The highest BCUT2D eigenvalue weighted by Crippen LogP contribution is 2.32. The Morgan fingerprint density at radius 2 is 1.79 bits per heavy atom. The number of hydrogen-bond donors (Lipinski definition) is 2. The van der Waals surface area contributed by atoms with Crippen LogP contribution in [0.1, 0.15) is 31.2 Å². The quantitative estimate of drug-likeness (QED) is 0.520. The van der Waals surface area contributed by atoms with Gasteiger partial charge < -0.3 is 19.9 Å². The molecule has 3 fully saturated rings. The van der Waals surface area contributed by atoms with Gasteiger partial charge in [-0.25, -0.2) is 8.42 Å². The van der Waals surface area contributed by atoms with E-state index in [2.05, 4.69) is 22.3 Å². The SMILES string of the molecule is O=C(C[C@H]1CC[C@@H]2[C@H](COC[C@H](O)CN2S(=O)(=O)c2ccc(Cl)cc2)O1)N[C@@H]1CCN(Cc2ccccc2)C1. The Labute approximate surface area is 235 Å². The summed E-state index contributed by atoms with van der Waals surface area (Å²) in [7, 11) is -3.91. The monoisotopic (exact) mass is 577 g/mol. The molecule has 1 amide bonds. The van der Waals surface area contributed by atoms with Crippen LogP contribution in [-0.4, -0.2) is 91.9 Å². The lowest BCUT2D eigenvalue weighted by molar-refractivity contribution is -0.146. The highest BCUT2D eigenvalue weighted by Gasteiger charge is 2.43. The molecule has 0 bridgehead atoms. The fourth-order valence-electron chi connectivity index (χ4n) is 5.74. The average molecular weight is 578 g/mol. The van der Waals surface area contributed by atoms with Gasteiger partial charge in [0.2, 0.25) is 15.9 Å². The molecule has 5 atom stereocenters. The molecule has 39 heavy (non-hydrogen) atoms. The second-order valence-corrected chi connectivity index (χ2v) is 13.0. The van der Waals surface area contributed by atoms with Crippen molar-refractivity contribution in [2.24, 2.45) is 0 Å². The summed E-state index contributed by atoms with van der Waals surface area (Å²) in [6, 6.07) is 15.9. The molecular weight excluding hydrogens is 542 g/mol. The van der Waals surface area contributed by atoms with E-state index in [9.17, 15) is 18.3 Å². The maximum atomic E-state index is 13.6. The molecule has 212 valence electrons. The van der Waals surface area contributed by atoms with Gasteiger partial charge >= 0.3 is 0 Å². The fourth-order valence-corrected chi connectivity index (χ4v) is 7.58. The van der Waals surface area contributed by atoms with Crippen molar-refractivity contribution in [3.63, 3.8) is 0 Å². The van der Waals surface area contributed by atoms with Gasteiger partial charge in [0.15, 0.2) is 0 Å². The number of aliphatic hydroxyl groups is 1. The van der Waals surface area contributed by atoms with Crippen LogP contribution in [0.15, 0.2) is 59.5 Å². The lowest BCUT2D eigenvalue weighted by Crippen LogP contribution is -2.57. The molecule has 3 aliphatic heterocycles. The molecule has 0 saturated carbocycles. The van der Waals surface area contributed by atoms with Gasteiger partial charge in [-0.2, -0.15) is 4.31 Å². The number of rotatable bonds is 7. The van der Waals surface area contributed by atoms with Gasteiger partial charge in [0.1, 0.15) is 0 Å². The van der Waals surface area contributed by atoms with Crippen LogP contribution in [0.3, 0.4) is 0 Å². The van der Waals surface area contributed by atoms with Crippen LogP contribution in [-0.2, 0) is 30.8 Å². The van der Waals surface area contributed by atoms with Crippen LogP contribution < -0.4 is 5.32 Å². The van der Waals surface area contributed by atoms with Gasteiger partial charge in [-0.05, 0) is 49.1 Å². The smallest absolute Gasteiger partial charge is 0.243 e. The molecule has 11 heteroatoms. The Bertz CT molecular complexity index is 1220. The van der Waals surface area contributed by atoms with Crippen molar-refractivity contribution in [1.29, 1.82) is 0 Å². The third kappa shape index (κ3) is 7.18. The van der Waals surface area contributed by atoms with Crippen LogP contribution in [0.2, 0.25) is 5.02 Å². The van der Waals surface area contributed by atoms with Crippen LogP contribution in [0, 0.1) is 0 Å². The van der Waals surface area contributed by atoms with Gasteiger partial charge in [0.05, 0.1) is 48.9 Å². The van der Waals surface area contributed by atoms with E-state index in [0.717, 1.165) is 26.1 Å². The van der Waals surface area contributed by atoms with Crippen molar-refractivity contribution in [2.45, 2.75) is 67.5 Å². The van der Waals surface area contributed by atoms with Crippen LogP contribution in [0.25, 0.3) is 0 Å². The van der Waals surface area contributed by atoms with Crippen LogP contribution >= 0.6 is 11.6 Å². The first-order valence-corrected chi connectivity index (χ1v) is 15.3. The summed E-state index contributed by atoms with van der Waals surface area (Å²) in [4.78, 5) is 15.4. The number of carbonyl (C=O) groups excluding carboxylic acids is 1. The molecular formula is C28H36ClN3O6S. The van der Waals surface area contributed by atoms with Crippen LogP contribution in [0.4, 0.5) is 0 Å². The Morgan fingerprint density at radius 3 is 2.56 bits per heavy atom. The van der Waals surface area contributed by atoms with Gasteiger partial charge in [-0.3, -0.25) is 9.69 Å². The number of nitrogens with zero attached hydrogens (tertiary/aromatic N) is 2. The average Bonchev–Trinajstić information content (AvgIpc) is 3.33. The van der Waals surface area contributed by atoms with Crippen molar-refractivity contribution in [2.75, 3.05) is 32.8 Å². The Kier molecular flexibility index (Phi) is 9.23. The maximum absolute atomic E-state index is 13.6. The lowest BCUT2D eigenvalue weighted by Gasteiger charge is -2.43. The second-order valence-electron chi connectivity index (χ2n) is 10.6. The van der Waals surface area contributed by atoms with Crippen molar-refractivity contribution < 1.29 is 27.8 Å². The number of fused-ring (bicyclic) bond motifs is 1. The first-order chi connectivity index (χ1) is 18.8. The molecule has 0 aromatic heterocycles. The molecule has 0 radical (unpaired) electrons. The van der Waals surface area contributed by atoms with Gasteiger partial charge in [-0.15, -0.1) is 0 Å². The molecule has 3 aliphatic rings. The van der Waals surface area contributed by atoms with Crippen molar-refractivity contribution >= 4 is 27.5 Å². The molecule has 2 aromatic rings. The summed E-state index contributed by atoms with van der Waals surface area (Å²) in [6.07, 6.45) is 0.319. The maximum Gasteiger partial charge on any atom is 0.243 e. The van der Waals surface area contributed by atoms with E-state index in [-0.39, 0.29) is 49.1 Å². The van der Waals surface area contributed by atoms with E-state index in [1.54, 1.807) is 0 Å². The number of ether oxygens (including phenoxy) is 2. The number of nitrogens with one attached hydrogen (secondary N) is 1. The summed E-state index contributed by atoms with van der Waals surface area (Å²) >= 11 is 5.96. The number of aliphatic hydroxyl groups excluding tert-OH is 1. The number of carbonyl (C=O) groups is 1. The van der Waals surface area contributed by atoms with Crippen molar-refractivity contribution in [3.05, 3.63) is 65.2 Å². The molecule has 0 spiro atoms. The molecule has 5 rings (SSSR count). The summed E-state index contributed by atoms with van der Waals surface area (Å²) in [5.74, 6) is -0.0576. The Hall–Kier alpha value is -2.05. The number of hydrogen-bond acceptors (Lipinski definition) is 7. The summed E-state index contributed by atoms with van der Waals surface area (Å²) in [5, 5.41) is 14.0. The van der Waals surface area contributed by atoms with Crippen LogP contribution in [0.5, 0.6) is 0 Å². The second kappa shape index (κ2) is 12.6. The molecule has 3 saturated heterocycles. The first kappa shape index (κ1) is 28.5. The highest BCUT2D eigenvalue weighted by atomic mass is 35.5. The summed E-state index contributed by atoms with van der Waals surface area (Å²) < 4.78 is 40.4. The summed E-state index contributed by atoms with van der Waals surface area (Å²) in [5.41, 5.74) is 1.26. The zero-order valence-corrected chi connectivity index (χ0v) is 23.4. The number of likely N-dealkylation sites (tertiary alicyclic amines) is 1. The minimum Gasteiger partial charge on any atom is -0.389 e. The van der Waals surface area contributed by atoms with Gasteiger partial charge in [-0.1, -0.05) is 41.9 Å². The fraction of sp³-hybridized carbons (Fsp3) is 0.536. The van der Waals surface area contributed by atoms with E-state index in [1.807, 2.05) is 18.2 Å². The number of benzene rings is 2. The first-order valence-electron chi connectivity index (χ1n) is 13.5. The molecule has 0 unspecified atom stereocenters. The number of halogens is 1. The Balaban J connectivity index is 1.18. The number of amides is 1. The topological polar surface area (TPSA) is 108 Å². The van der Waals surface area contributed by atoms with Gasteiger partial charge in [0, 0.05) is 37.2 Å². The lowest BCUT2D eigenvalue weighted by atomic mass is 9.96. The number of sulfonamides is 1. The minimum absolute atomic E-state index is 0.00549. The predicted molar refractivity (Wildman–Crippen MR) is 147 cm³/mol. The van der Waals surface area contributed by atoms with E-state index < -0.39 is 28.3 Å². The van der Waals surface area contributed by atoms with E-state index in [4.69, 9.17) is 21.1 Å². The Morgan fingerprint density at radius 1 is 1.03 bits per heavy atom. The highest BCUT2D eigenvalue weighted by molar-refractivity contribution is 7.89. The van der Waals surface area contributed by atoms with E-state index >= 15 is 0 Å². The third-order valence-electron chi connectivity index (χ3n) is 7.65. The molecule has 2 N–H and O–H groups in total. The number of β-amino-alcohol motifs (C(OH)–C–C–N with tert-alkyl or cyclic N) is 1. The van der Waals surface area contributed by atoms with Crippen molar-refractivity contribution in [1.82, 2.24) is 14.5 Å². The molecule has 3 heterocycles. The zero-order valence-electron chi connectivity index (χ0n) is 21.8. The van der Waals surface area contributed by atoms with E-state index in [1.165, 1.54) is 34.1 Å². The summed E-state index contributed by atoms with van der Waals surface area (Å²) in [6.45, 7) is 2.66. The molecule has 9 nitrogen and oxygen atoms in total. The third-order valence-corrected chi connectivity index (χ3v) is 9.81. The zero-order chi connectivity index (χ0) is 27.4. The van der Waals surface area contributed by atoms with E-state index in [0.29, 0.717) is 17.9 Å². The largest absolute Gasteiger partial charge is 0.389 e. The van der Waals surface area contributed by atoms with Gasteiger partial charge in [0.25, 0.3) is 0 Å². The normalized spacial score (nSPS) is 28.8.